The van der Waals surface area contributed by atoms with Crippen LogP contribution in [0.5, 0.6) is 0 Å². The smallest absolute Gasteiger partial charge is 0.316 e. The van der Waals surface area contributed by atoms with Crippen LogP contribution in [0.2, 0.25) is 0 Å². The molecule has 2 aliphatic heterocycles. The van der Waals surface area contributed by atoms with Crippen molar-refractivity contribution < 1.29 is 19.0 Å². The van der Waals surface area contributed by atoms with Crippen molar-refractivity contribution in [3.05, 3.63) is 0 Å². The first kappa shape index (κ1) is 11.9. The second kappa shape index (κ2) is 4.34. The molecule has 0 aromatic rings. The summed E-state index contributed by atoms with van der Waals surface area (Å²) >= 11 is 0. The Morgan fingerprint density at radius 1 is 1.12 bits per heavy atom. The van der Waals surface area contributed by atoms with Crippen molar-refractivity contribution in [2.75, 3.05) is 33.0 Å². The second-order valence-electron chi connectivity index (χ2n) is 5.05. The molecule has 0 saturated carbocycles. The van der Waals surface area contributed by atoms with Gasteiger partial charge in [0.25, 0.3) is 0 Å². The van der Waals surface area contributed by atoms with Crippen LogP contribution in [0.3, 0.4) is 0 Å². The summed E-state index contributed by atoms with van der Waals surface area (Å²) in [7, 11) is 0. The van der Waals surface area contributed by atoms with E-state index < -0.39 is 0 Å². The third-order valence-corrected chi connectivity index (χ3v) is 3.94. The molecule has 0 unspecified atom stereocenters. The summed E-state index contributed by atoms with van der Waals surface area (Å²) in [4.78, 5) is 11.9. The number of ether oxygens (including phenoxy) is 3. The summed E-state index contributed by atoms with van der Waals surface area (Å²) in [6.45, 7) is 7.06. The average Bonchev–Trinajstić information content (AvgIpc) is 2.16. The zero-order valence-electron chi connectivity index (χ0n) is 10.1. The lowest BCUT2D eigenvalue weighted by atomic mass is 9.82. The van der Waals surface area contributed by atoms with Gasteiger partial charge in [-0.1, -0.05) is 13.8 Å². The van der Waals surface area contributed by atoms with Crippen LogP contribution in [0, 0.1) is 10.8 Å². The number of esters is 1. The molecule has 0 aliphatic carbocycles. The predicted molar refractivity (Wildman–Crippen MR) is 58.0 cm³/mol. The molecular formula is C12H20O4. The summed E-state index contributed by atoms with van der Waals surface area (Å²) in [5.41, 5.74) is -0.283. The minimum Gasteiger partial charge on any atom is -0.464 e. The zero-order valence-corrected chi connectivity index (χ0v) is 10.1. The second-order valence-corrected chi connectivity index (χ2v) is 5.05. The van der Waals surface area contributed by atoms with Crippen LogP contribution in [0.15, 0.2) is 0 Å². The van der Waals surface area contributed by atoms with Crippen LogP contribution < -0.4 is 0 Å². The monoisotopic (exact) mass is 228 g/mol. The molecule has 2 fully saturated rings. The lowest BCUT2D eigenvalue weighted by Crippen LogP contribution is -2.52. The van der Waals surface area contributed by atoms with E-state index in [0.29, 0.717) is 33.0 Å². The fraction of sp³-hybridized carbons (Fsp3) is 0.917. The van der Waals surface area contributed by atoms with Crippen LogP contribution in [-0.2, 0) is 19.0 Å². The fourth-order valence-corrected chi connectivity index (χ4v) is 1.97. The normalized spacial score (nSPS) is 25.4. The van der Waals surface area contributed by atoms with Crippen molar-refractivity contribution in [2.45, 2.75) is 26.7 Å². The number of rotatable bonds is 5. The highest BCUT2D eigenvalue weighted by molar-refractivity contribution is 5.78. The lowest BCUT2D eigenvalue weighted by molar-refractivity contribution is -0.201. The quantitative estimate of drug-likeness (QED) is 0.667. The van der Waals surface area contributed by atoms with E-state index in [4.69, 9.17) is 14.2 Å². The van der Waals surface area contributed by atoms with Crippen molar-refractivity contribution in [3.63, 3.8) is 0 Å². The van der Waals surface area contributed by atoms with Crippen LogP contribution in [0.4, 0.5) is 0 Å². The van der Waals surface area contributed by atoms with Gasteiger partial charge < -0.3 is 14.2 Å². The van der Waals surface area contributed by atoms with Gasteiger partial charge >= 0.3 is 5.97 Å². The van der Waals surface area contributed by atoms with Crippen molar-refractivity contribution >= 4 is 5.97 Å². The molecule has 0 atom stereocenters. The summed E-state index contributed by atoms with van der Waals surface area (Å²) in [5, 5.41) is 0. The first-order valence-electron chi connectivity index (χ1n) is 5.99. The summed E-state index contributed by atoms with van der Waals surface area (Å²) in [5.74, 6) is -0.0963. The molecular weight excluding hydrogens is 208 g/mol. The molecule has 2 aliphatic rings. The van der Waals surface area contributed by atoms with E-state index in [0.717, 1.165) is 12.8 Å². The van der Waals surface area contributed by atoms with E-state index in [2.05, 4.69) is 6.92 Å². The molecule has 0 amide bonds. The first-order valence-corrected chi connectivity index (χ1v) is 5.99. The maximum absolute atomic E-state index is 11.9. The Labute approximate surface area is 96.2 Å². The highest BCUT2D eigenvalue weighted by atomic mass is 16.6. The van der Waals surface area contributed by atoms with Gasteiger partial charge in [-0.25, -0.2) is 0 Å². The molecule has 0 spiro atoms. The minimum absolute atomic E-state index is 0.0786. The SMILES string of the molecule is CCC1(COC(=O)C2(CC)COC2)COC1. The molecule has 0 N–H and O–H groups in total. The zero-order chi connectivity index (χ0) is 11.6. The fourth-order valence-electron chi connectivity index (χ4n) is 1.97. The Balaban J connectivity index is 1.83. The highest BCUT2D eigenvalue weighted by Crippen LogP contribution is 2.35. The van der Waals surface area contributed by atoms with Crippen molar-refractivity contribution in [3.8, 4) is 0 Å². The standard InChI is InChI=1S/C12H20O4/c1-3-11(5-14-6-11)7-16-10(13)12(4-2)8-15-9-12/h3-9H2,1-2H3. The van der Waals surface area contributed by atoms with E-state index in [1.807, 2.05) is 6.92 Å². The van der Waals surface area contributed by atoms with Gasteiger partial charge in [0.15, 0.2) is 0 Å². The van der Waals surface area contributed by atoms with Gasteiger partial charge in [-0.3, -0.25) is 4.79 Å². The Hall–Kier alpha value is -0.610. The Kier molecular flexibility index (Phi) is 3.22. The van der Waals surface area contributed by atoms with Crippen LogP contribution >= 0.6 is 0 Å². The molecule has 2 heterocycles. The third kappa shape index (κ3) is 1.84. The molecule has 16 heavy (non-hydrogen) atoms. The first-order chi connectivity index (χ1) is 7.66. The molecule has 0 aromatic heterocycles. The topological polar surface area (TPSA) is 44.8 Å². The molecule has 0 bridgehead atoms. The molecule has 0 aromatic carbocycles. The largest absolute Gasteiger partial charge is 0.464 e. The third-order valence-electron chi connectivity index (χ3n) is 3.94. The maximum atomic E-state index is 11.9. The van der Waals surface area contributed by atoms with Crippen molar-refractivity contribution in [1.29, 1.82) is 0 Å². The molecule has 92 valence electrons. The van der Waals surface area contributed by atoms with Crippen LogP contribution in [-0.4, -0.2) is 39.0 Å². The molecule has 4 heteroatoms. The molecule has 2 rings (SSSR count). The van der Waals surface area contributed by atoms with E-state index >= 15 is 0 Å². The minimum atomic E-state index is -0.362. The van der Waals surface area contributed by atoms with E-state index in [9.17, 15) is 4.79 Å². The van der Waals surface area contributed by atoms with Gasteiger partial charge in [-0.2, -0.15) is 0 Å². The number of carbonyl (C=O) groups is 1. The summed E-state index contributed by atoms with van der Waals surface area (Å²) in [6, 6.07) is 0. The van der Waals surface area contributed by atoms with Crippen LogP contribution in [0.25, 0.3) is 0 Å². The van der Waals surface area contributed by atoms with Crippen molar-refractivity contribution in [2.24, 2.45) is 10.8 Å². The van der Waals surface area contributed by atoms with Gasteiger partial charge in [-0.15, -0.1) is 0 Å². The summed E-state index contributed by atoms with van der Waals surface area (Å²) in [6.07, 6.45) is 1.79. The number of hydrogen-bond donors (Lipinski definition) is 0. The van der Waals surface area contributed by atoms with E-state index in [-0.39, 0.29) is 16.8 Å². The molecule has 4 nitrogen and oxygen atoms in total. The Bertz CT molecular complexity index is 255. The Morgan fingerprint density at radius 2 is 1.75 bits per heavy atom. The lowest BCUT2D eigenvalue weighted by Gasteiger charge is -2.42. The van der Waals surface area contributed by atoms with E-state index in [1.54, 1.807) is 0 Å². The highest BCUT2D eigenvalue weighted by Gasteiger charge is 2.47. The Morgan fingerprint density at radius 3 is 2.06 bits per heavy atom. The molecule has 2 saturated heterocycles. The van der Waals surface area contributed by atoms with Crippen molar-refractivity contribution in [1.82, 2.24) is 0 Å². The van der Waals surface area contributed by atoms with E-state index in [1.165, 1.54) is 0 Å². The number of carbonyl (C=O) groups excluding carboxylic acids is 1. The molecule has 0 radical (unpaired) electrons. The van der Waals surface area contributed by atoms with Gasteiger partial charge in [0, 0.05) is 0 Å². The van der Waals surface area contributed by atoms with Gasteiger partial charge in [0.1, 0.15) is 12.0 Å². The maximum Gasteiger partial charge on any atom is 0.316 e. The van der Waals surface area contributed by atoms with Gasteiger partial charge in [0.2, 0.25) is 0 Å². The van der Waals surface area contributed by atoms with Crippen LogP contribution in [0.1, 0.15) is 26.7 Å². The predicted octanol–water partition coefficient (Wildman–Crippen LogP) is 1.38. The van der Waals surface area contributed by atoms with Gasteiger partial charge in [0.05, 0.1) is 31.8 Å². The van der Waals surface area contributed by atoms with Gasteiger partial charge in [-0.05, 0) is 12.8 Å². The summed E-state index contributed by atoms with van der Waals surface area (Å²) < 4.78 is 15.8. The average molecular weight is 228 g/mol. The number of hydrogen-bond acceptors (Lipinski definition) is 4.